The van der Waals surface area contributed by atoms with Crippen molar-refractivity contribution in [2.45, 2.75) is 51.6 Å². The lowest BCUT2D eigenvalue weighted by molar-refractivity contribution is 0.391. The van der Waals surface area contributed by atoms with Gasteiger partial charge in [-0.1, -0.05) is 26.7 Å². The maximum atomic E-state index is 3.49. The number of hydrogen-bond donors (Lipinski definition) is 4. The zero-order valence-electron chi connectivity index (χ0n) is 12.2. The molecule has 0 aromatic rings. The zero-order valence-corrected chi connectivity index (χ0v) is 12.2. The molecule has 2 aliphatic heterocycles. The van der Waals surface area contributed by atoms with Crippen molar-refractivity contribution in [3.63, 3.8) is 0 Å². The van der Waals surface area contributed by atoms with E-state index in [0.29, 0.717) is 0 Å². The molecule has 0 aromatic heterocycles. The van der Waals surface area contributed by atoms with Crippen molar-refractivity contribution in [2.75, 3.05) is 39.3 Å². The Bertz CT molecular complexity index is 175. The lowest BCUT2D eigenvalue weighted by Crippen LogP contribution is -2.48. The summed E-state index contributed by atoms with van der Waals surface area (Å²) < 4.78 is 0. The summed E-state index contributed by atoms with van der Waals surface area (Å²) in [6.45, 7) is 11.3. The van der Waals surface area contributed by atoms with Crippen molar-refractivity contribution >= 4 is 0 Å². The van der Waals surface area contributed by atoms with E-state index in [-0.39, 0.29) is 0 Å². The van der Waals surface area contributed by atoms with E-state index in [4.69, 9.17) is 0 Å². The molecule has 0 saturated carbocycles. The number of rotatable bonds is 4. The summed E-state index contributed by atoms with van der Waals surface area (Å²) in [5.74, 6) is 0. The quantitative estimate of drug-likeness (QED) is 0.598. The summed E-state index contributed by atoms with van der Waals surface area (Å²) in [6.07, 6.45) is 5.26. The summed E-state index contributed by atoms with van der Waals surface area (Å²) in [7, 11) is 0. The van der Waals surface area contributed by atoms with E-state index in [9.17, 15) is 0 Å². The average molecular weight is 256 g/mol. The molecule has 4 heteroatoms. The molecular formula is C14H32N4. The van der Waals surface area contributed by atoms with Crippen molar-refractivity contribution < 1.29 is 0 Å². The molecule has 2 rings (SSSR count). The van der Waals surface area contributed by atoms with Crippen molar-refractivity contribution in [2.24, 2.45) is 0 Å². The third-order valence-electron chi connectivity index (χ3n) is 3.65. The van der Waals surface area contributed by atoms with Crippen LogP contribution in [0.15, 0.2) is 0 Å². The first-order valence-electron chi connectivity index (χ1n) is 7.75. The highest BCUT2D eigenvalue weighted by Gasteiger charge is 2.09. The van der Waals surface area contributed by atoms with E-state index in [2.05, 4.69) is 35.1 Å². The number of nitrogens with one attached hydrogen (secondary N) is 4. The van der Waals surface area contributed by atoms with E-state index in [1.54, 1.807) is 0 Å². The van der Waals surface area contributed by atoms with Crippen molar-refractivity contribution in [3.05, 3.63) is 0 Å². The summed E-state index contributed by atoms with van der Waals surface area (Å²) in [6, 6.07) is 1.47. The van der Waals surface area contributed by atoms with E-state index in [1.165, 1.54) is 32.2 Å². The summed E-state index contributed by atoms with van der Waals surface area (Å²) in [5, 5.41) is 13.6. The predicted molar refractivity (Wildman–Crippen MR) is 79.1 cm³/mol. The van der Waals surface area contributed by atoms with Crippen LogP contribution >= 0.6 is 0 Å². The van der Waals surface area contributed by atoms with Gasteiger partial charge in [-0.2, -0.15) is 0 Å². The Labute approximate surface area is 113 Å². The third kappa shape index (κ3) is 7.31. The van der Waals surface area contributed by atoms with Gasteiger partial charge < -0.3 is 21.3 Å². The smallest absolute Gasteiger partial charge is 0.0193 e. The van der Waals surface area contributed by atoms with Crippen LogP contribution in [0.4, 0.5) is 0 Å². The predicted octanol–water partition coefficient (Wildman–Crippen LogP) is 0.696. The van der Waals surface area contributed by atoms with Gasteiger partial charge in [0.1, 0.15) is 0 Å². The number of unbranched alkanes of at least 4 members (excludes halogenated alkanes) is 1. The Morgan fingerprint density at radius 3 is 1.83 bits per heavy atom. The number of hydrogen-bond acceptors (Lipinski definition) is 4. The zero-order chi connectivity index (χ0) is 13.1. The molecule has 0 aliphatic carbocycles. The Morgan fingerprint density at radius 1 is 0.833 bits per heavy atom. The van der Waals surface area contributed by atoms with Gasteiger partial charge >= 0.3 is 0 Å². The summed E-state index contributed by atoms with van der Waals surface area (Å²) in [5.41, 5.74) is 0. The second-order valence-electron chi connectivity index (χ2n) is 5.26. The van der Waals surface area contributed by atoms with Crippen LogP contribution in [0, 0.1) is 0 Å². The van der Waals surface area contributed by atoms with Crippen LogP contribution in [0.3, 0.4) is 0 Å². The molecule has 0 aromatic carbocycles. The molecule has 4 N–H and O–H groups in total. The molecule has 2 aliphatic rings. The van der Waals surface area contributed by atoms with E-state index in [0.717, 1.165) is 44.8 Å². The molecular weight excluding hydrogens is 224 g/mol. The standard InChI is InChI=1S/C8H18N2.C6H14N2/c1-2-3-4-8-7-9-5-6-10-8;1-2-6-5-7-3-4-8-6/h8-10H,2-7H2,1H3;6-8H,2-5H2,1H3. The lowest BCUT2D eigenvalue weighted by Gasteiger charge is -2.24. The van der Waals surface area contributed by atoms with Gasteiger partial charge in [0.2, 0.25) is 0 Å². The minimum Gasteiger partial charge on any atom is -0.314 e. The molecule has 0 spiro atoms. The van der Waals surface area contributed by atoms with Crippen molar-refractivity contribution in [3.8, 4) is 0 Å². The Balaban J connectivity index is 0.000000184. The number of piperazine rings is 2. The largest absolute Gasteiger partial charge is 0.314 e. The highest BCUT2D eigenvalue weighted by molar-refractivity contribution is 4.74. The van der Waals surface area contributed by atoms with Crippen LogP contribution < -0.4 is 21.3 Å². The first kappa shape index (κ1) is 15.9. The monoisotopic (exact) mass is 256 g/mol. The highest BCUT2D eigenvalue weighted by atomic mass is 15.1. The second-order valence-corrected chi connectivity index (χ2v) is 5.26. The van der Waals surface area contributed by atoms with E-state index >= 15 is 0 Å². The van der Waals surface area contributed by atoms with Gasteiger partial charge in [-0.25, -0.2) is 0 Å². The fourth-order valence-electron chi connectivity index (χ4n) is 2.37. The Kier molecular flexibility index (Phi) is 9.48. The fourth-order valence-corrected chi connectivity index (χ4v) is 2.37. The molecule has 2 fully saturated rings. The second kappa shape index (κ2) is 10.7. The normalized spacial score (nSPS) is 28.3. The van der Waals surface area contributed by atoms with Crippen LogP contribution in [0.1, 0.15) is 39.5 Å². The maximum Gasteiger partial charge on any atom is 0.0193 e. The molecule has 2 saturated heterocycles. The van der Waals surface area contributed by atoms with Crippen LogP contribution in [0.25, 0.3) is 0 Å². The van der Waals surface area contributed by atoms with Gasteiger partial charge in [0.15, 0.2) is 0 Å². The van der Waals surface area contributed by atoms with Crippen molar-refractivity contribution in [1.29, 1.82) is 0 Å². The molecule has 0 radical (unpaired) electrons. The van der Waals surface area contributed by atoms with Gasteiger partial charge in [-0.15, -0.1) is 0 Å². The summed E-state index contributed by atoms with van der Waals surface area (Å²) >= 11 is 0. The molecule has 108 valence electrons. The molecule has 4 nitrogen and oxygen atoms in total. The van der Waals surface area contributed by atoms with Crippen LogP contribution in [0.5, 0.6) is 0 Å². The molecule has 2 atom stereocenters. The maximum absolute atomic E-state index is 3.49. The lowest BCUT2D eigenvalue weighted by atomic mass is 10.1. The van der Waals surface area contributed by atoms with E-state index < -0.39 is 0 Å². The molecule has 2 heterocycles. The molecule has 2 unspecified atom stereocenters. The van der Waals surface area contributed by atoms with Crippen LogP contribution in [-0.2, 0) is 0 Å². The minimum absolute atomic E-state index is 0.726. The average Bonchev–Trinajstić information content (AvgIpc) is 2.48. The van der Waals surface area contributed by atoms with Crippen LogP contribution in [-0.4, -0.2) is 51.4 Å². The van der Waals surface area contributed by atoms with Gasteiger partial charge in [0, 0.05) is 51.4 Å². The Hall–Kier alpha value is -0.160. The molecule has 18 heavy (non-hydrogen) atoms. The minimum atomic E-state index is 0.726. The van der Waals surface area contributed by atoms with Gasteiger partial charge in [-0.3, -0.25) is 0 Å². The topological polar surface area (TPSA) is 48.1 Å². The summed E-state index contributed by atoms with van der Waals surface area (Å²) in [4.78, 5) is 0. The highest BCUT2D eigenvalue weighted by Crippen LogP contribution is 2.00. The van der Waals surface area contributed by atoms with Crippen LogP contribution in [0.2, 0.25) is 0 Å². The van der Waals surface area contributed by atoms with Gasteiger partial charge in [0.05, 0.1) is 0 Å². The van der Waals surface area contributed by atoms with Gasteiger partial charge in [-0.05, 0) is 12.8 Å². The SMILES string of the molecule is CCC1CNCCN1.CCCCC1CNCCN1. The first-order chi connectivity index (χ1) is 8.86. The molecule has 0 bridgehead atoms. The van der Waals surface area contributed by atoms with E-state index in [1.807, 2.05) is 0 Å². The Morgan fingerprint density at radius 2 is 1.44 bits per heavy atom. The fraction of sp³-hybridized carbons (Fsp3) is 1.00. The van der Waals surface area contributed by atoms with Gasteiger partial charge in [0.25, 0.3) is 0 Å². The molecule has 0 amide bonds. The third-order valence-corrected chi connectivity index (χ3v) is 3.65. The first-order valence-corrected chi connectivity index (χ1v) is 7.75. The van der Waals surface area contributed by atoms with Crippen molar-refractivity contribution in [1.82, 2.24) is 21.3 Å².